The molecule has 0 spiro atoms. The van der Waals surface area contributed by atoms with Gasteiger partial charge in [-0.25, -0.2) is 4.79 Å². The van der Waals surface area contributed by atoms with E-state index in [4.69, 9.17) is 28.4 Å². The monoisotopic (exact) mass is 489 g/mol. The van der Waals surface area contributed by atoms with Gasteiger partial charge in [0.2, 0.25) is 0 Å². The first-order valence-electron chi connectivity index (χ1n) is 12.9. The summed E-state index contributed by atoms with van der Waals surface area (Å²) in [4.78, 5) is 11.4. The first kappa shape index (κ1) is 32.8. The fourth-order valence-corrected chi connectivity index (χ4v) is 2.90. The number of nitrogens with one attached hydrogen (secondary N) is 1. The minimum Gasteiger partial charge on any atom is -0.444 e. The predicted octanol–water partition coefficient (Wildman–Crippen LogP) is 4.90. The number of alkyl carbamates (subject to hydrolysis) is 1. The van der Waals surface area contributed by atoms with E-state index in [2.05, 4.69) is 11.9 Å². The summed E-state index contributed by atoms with van der Waals surface area (Å²) in [6.45, 7) is 15.2. The van der Waals surface area contributed by atoms with E-state index in [1.54, 1.807) is 0 Å². The van der Waals surface area contributed by atoms with Crippen LogP contribution in [-0.2, 0) is 28.4 Å². The van der Waals surface area contributed by atoms with Crippen LogP contribution < -0.4 is 5.32 Å². The number of hydrogen-bond acceptors (Lipinski definition) is 7. The van der Waals surface area contributed by atoms with Crippen LogP contribution in [0.3, 0.4) is 0 Å². The van der Waals surface area contributed by atoms with Gasteiger partial charge in [-0.15, -0.1) is 6.58 Å². The molecule has 0 aliphatic carbocycles. The van der Waals surface area contributed by atoms with Crippen LogP contribution in [0.15, 0.2) is 12.7 Å². The highest BCUT2D eigenvalue weighted by Crippen LogP contribution is 2.08. The highest BCUT2D eigenvalue weighted by atomic mass is 16.6. The third-order valence-corrected chi connectivity index (χ3v) is 4.60. The zero-order valence-electron chi connectivity index (χ0n) is 22.1. The zero-order chi connectivity index (χ0) is 25.2. The van der Waals surface area contributed by atoms with E-state index in [1.807, 2.05) is 26.8 Å². The number of hydrogen-bond donors (Lipinski definition) is 1. The molecule has 0 fully saturated rings. The fourth-order valence-electron chi connectivity index (χ4n) is 2.90. The van der Waals surface area contributed by atoms with Crippen molar-refractivity contribution in [2.24, 2.45) is 0 Å². The Morgan fingerprint density at radius 3 is 1.53 bits per heavy atom. The standard InChI is InChI=1S/C26H51NO7/c1-5-6-7-8-9-10-11-12-13-15-29-17-19-31-21-23-33-24-22-32-20-18-30-16-14-27-25(28)34-26(2,3)4/h5H,1,6-24H2,2-4H3,(H,27,28). The Balaban J connectivity index is 3.10. The van der Waals surface area contributed by atoms with Gasteiger partial charge in [0.15, 0.2) is 0 Å². The Morgan fingerprint density at radius 2 is 1.06 bits per heavy atom. The molecule has 0 saturated heterocycles. The van der Waals surface area contributed by atoms with Crippen molar-refractivity contribution in [2.45, 2.75) is 77.7 Å². The van der Waals surface area contributed by atoms with Crippen LogP contribution in [0.4, 0.5) is 4.79 Å². The maximum Gasteiger partial charge on any atom is 0.407 e. The summed E-state index contributed by atoms with van der Waals surface area (Å²) >= 11 is 0. The average molecular weight is 490 g/mol. The Bertz CT molecular complexity index is 455. The van der Waals surface area contributed by atoms with E-state index in [0.29, 0.717) is 66.0 Å². The van der Waals surface area contributed by atoms with E-state index < -0.39 is 11.7 Å². The van der Waals surface area contributed by atoms with Crippen molar-refractivity contribution in [2.75, 3.05) is 72.6 Å². The molecule has 0 heterocycles. The lowest BCUT2D eigenvalue weighted by Crippen LogP contribution is -2.34. The number of rotatable bonds is 25. The van der Waals surface area contributed by atoms with Gasteiger partial charge in [-0.2, -0.15) is 0 Å². The minimum absolute atomic E-state index is 0.403. The van der Waals surface area contributed by atoms with Gasteiger partial charge in [-0.05, 0) is 40.0 Å². The molecule has 202 valence electrons. The third kappa shape index (κ3) is 28.8. The molecule has 0 aromatic rings. The lowest BCUT2D eigenvalue weighted by atomic mass is 10.1. The van der Waals surface area contributed by atoms with E-state index in [-0.39, 0.29) is 0 Å². The van der Waals surface area contributed by atoms with Crippen molar-refractivity contribution in [3.8, 4) is 0 Å². The molecule has 34 heavy (non-hydrogen) atoms. The molecule has 0 aromatic carbocycles. The first-order chi connectivity index (χ1) is 16.5. The molecule has 0 aliphatic rings. The van der Waals surface area contributed by atoms with Crippen LogP contribution >= 0.6 is 0 Å². The maximum atomic E-state index is 11.4. The van der Waals surface area contributed by atoms with E-state index >= 15 is 0 Å². The summed E-state index contributed by atoms with van der Waals surface area (Å²) in [6.07, 6.45) is 11.6. The van der Waals surface area contributed by atoms with Crippen molar-refractivity contribution in [3.63, 3.8) is 0 Å². The van der Waals surface area contributed by atoms with Gasteiger partial charge < -0.3 is 33.7 Å². The second-order valence-electron chi connectivity index (χ2n) is 9.04. The first-order valence-corrected chi connectivity index (χ1v) is 12.9. The summed E-state index contributed by atoms with van der Waals surface area (Å²) < 4.78 is 32.5. The van der Waals surface area contributed by atoms with Crippen molar-refractivity contribution in [3.05, 3.63) is 12.7 Å². The normalized spacial score (nSPS) is 11.5. The Kier molecular flexibility index (Phi) is 24.0. The molecule has 0 unspecified atom stereocenters. The quantitative estimate of drug-likeness (QED) is 0.144. The van der Waals surface area contributed by atoms with Crippen molar-refractivity contribution < 1.29 is 33.2 Å². The molecule has 1 amide bonds. The molecule has 0 aromatic heterocycles. The van der Waals surface area contributed by atoms with E-state index in [0.717, 1.165) is 19.4 Å². The topological polar surface area (TPSA) is 84.5 Å². The molecule has 0 radical (unpaired) electrons. The summed E-state index contributed by atoms with van der Waals surface area (Å²) in [6, 6.07) is 0. The van der Waals surface area contributed by atoms with E-state index in [9.17, 15) is 4.79 Å². The van der Waals surface area contributed by atoms with Crippen molar-refractivity contribution in [1.29, 1.82) is 0 Å². The van der Waals surface area contributed by atoms with Gasteiger partial charge >= 0.3 is 6.09 Å². The summed E-state index contributed by atoms with van der Waals surface area (Å²) in [5.41, 5.74) is -0.494. The van der Waals surface area contributed by atoms with Crippen LogP contribution in [0, 0.1) is 0 Å². The molecule has 0 rings (SSSR count). The van der Waals surface area contributed by atoms with Crippen LogP contribution in [0.2, 0.25) is 0 Å². The summed E-state index contributed by atoms with van der Waals surface area (Å²) in [7, 11) is 0. The van der Waals surface area contributed by atoms with Gasteiger partial charge in [-0.1, -0.05) is 38.2 Å². The van der Waals surface area contributed by atoms with Crippen LogP contribution in [-0.4, -0.2) is 84.3 Å². The zero-order valence-corrected chi connectivity index (χ0v) is 22.1. The molecule has 0 bridgehead atoms. The van der Waals surface area contributed by atoms with Gasteiger partial charge in [0.25, 0.3) is 0 Å². The number of amides is 1. The number of carbonyl (C=O) groups is 1. The second kappa shape index (κ2) is 24.9. The smallest absolute Gasteiger partial charge is 0.407 e. The molecule has 0 saturated carbocycles. The number of carbonyl (C=O) groups excluding carboxylic acids is 1. The fraction of sp³-hybridized carbons (Fsp3) is 0.885. The molecular formula is C26H51NO7. The highest BCUT2D eigenvalue weighted by Gasteiger charge is 2.15. The van der Waals surface area contributed by atoms with Gasteiger partial charge in [0.1, 0.15) is 5.60 Å². The molecule has 1 N–H and O–H groups in total. The van der Waals surface area contributed by atoms with Crippen molar-refractivity contribution >= 4 is 6.09 Å². The van der Waals surface area contributed by atoms with Gasteiger partial charge in [0.05, 0.1) is 59.5 Å². The maximum absolute atomic E-state index is 11.4. The molecule has 8 nitrogen and oxygen atoms in total. The predicted molar refractivity (Wildman–Crippen MR) is 135 cm³/mol. The lowest BCUT2D eigenvalue weighted by Gasteiger charge is -2.19. The molecule has 0 atom stereocenters. The van der Waals surface area contributed by atoms with Crippen LogP contribution in [0.25, 0.3) is 0 Å². The summed E-state index contributed by atoms with van der Waals surface area (Å²) in [5.74, 6) is 0. The third-order valence-electron chi connectivity index (χ3n) is 4.60. The van der Waals surface area contributed by atoms with Crippen LogP contribution in [0.5, 0.6) is 0 Å². The largest absolute Gasteiger partial charge is 0.444 e. The Morgan fingerprint density at radius 1 is 0.647 bits per heavy atom. The highest BCUT2D eigenvalue weighted by molar-refractivity contribution is 5.67. The Hall–Kier alpha value is -1.19. The van der Waals surface area contributed by atoms with Crippen molar-refractivity contribution in [1.82, 2.24) is 5.32 Å². The molecule has 8 heteroatoms. The van der Waals surface area contributed by atoms with Gasteiger partial charge in [-0.3, -0.25) is 0 Å². The van der Waals surface area contributed by atoms with Gasteiger partial charge in [0, 0.05) is 13.2 Å². The molecular weight excluding hydrogens is 438 g/mol. The SMILES string of the molecule is C=CCCCCCCCCCOCCOCCOCCOCCOCCNC(=O)OC(C)(C)C. The number of unbranched alkanes of at least 4 members (excludes halogenated alkanes) is 7. The van der Waals surface area contributed by atoms with Crippen LogP contribution in [0.1, 0.15) is 72.1 Å². The average Bonchev–Trinajstić information content (AvgIpc) is 2.78. The van der Waals surface area contributed by atoms with E-state index in [1.165, 1.54) is 38.5 Å². The lowest BCUT2D eigenvalue weighted by molar-refractivity contribution is -0.0111. The second-order valence-corrected chi connectivity index (χ2v) is 9.04. The number of allylic oxidation sites excluding steroid dienone is 1. The Labute approximate surface area is 208 Å². The number of ether oxygens (including phenoxy) is 6. The summed E-state index contributed by atoms with van der Waals surface area (Å²) in [5, 5.41) is 2.64. The minimum atomic E-state index is -0.494. The molecule has 0 aliphatic heterocycles.